The summed E-state index contributed by atoms with van der Waals surface area (Å²) < 4.78 is 13.6. The molecule has 0 aliphatic heterocycles. The average molecular weight is 303 g/mol. The maximum absolute atomic E-state index is 13.0. The first-order chi connectivity index (χ1) is 7.95. The number of anilines is 1. The first-order valence-electron chi connectivity index (χ1n) is 5.47. The summed E-state index contributed by atoms with van der Waals surface area (Å²) >= 11 is 3.24. The van der Waals surface area contributed by atoms with Crippen LogP contribution in [0.3, 0.4) is 0 Å². The molecule has 94 valence electrons. The van der Waals surface area contributed by atoms with Crippen LogP contribution in [0.4, 0.5) is 10.1 Å². The van der Waals surface area contributed by atoms with Gasteiger partial charge < -0.3 is 11.1 Å². The quantitative estimate of drug-likeness (QED) is 0.898. The highest BCUT2D eigenvalue weighted by molar-refractivity contribution is 9.10. The summed E-state index contributed by atoms with van der Waals surface area (Å²) in [4.78, 5) is 11.8. The Hall–Kier alpha value is -0.940. The predicted octanol–water partition coefficient (Wildman–Crippen LogP) is 2.90. The summed E-state index contributed by atoms with van der Waals surface area (Å²) in [6.45, 7) is 3.88. The van der Waals surface area contributed by atoms with E-state index < -0.39 is 11.9 Å². The summed E-state index contributed by atoms with van der Waals surface area (Å²) in [7, 11) is 0. The largest absolute Gasteiger partial charge is 0.324 e. The standard InChI is InChI=1S/C12H16BrFN2O/c1-3-7(2)11(15)12(17)16-10-6-8(14)4-5-9(10)13/h4-7,11H,3,15H2,1-2H3,(H,16,17)/t7-,11-/m0/s1. The zero-order valence-electron chi connectivity index (χ0n) is 9.84. The van der Waals surface area contributed by atoms with E-state index in [1.807, 2.05) is 13.8 Å². The number of amides is 1. The molecule has 0 radical (unpaired) electrons. The third kappa shape index (κ3) is 3.78. The van der Waals surface area contributed by atoms with Gasteiger partial charge in [0.1, 0.15) is 5.82 Å². The van der Waals surface area contributed by atoms with Crippen molar-refractivity contribution in [2.24, 2.45) is 11.7 Å². The topological polar surface area (TPSA) is 55.1 Å². The van der Waals surface area contributed by atoms with Gasteiger partial charge in [-0.3, -0.25) is 4.79 Å². The molecular weight excluding hydrogens is 287 g/mol. The molecule has 0 bridgehead atoms. The van der Waals surface area contributed by atoms with Gasteiger partial charge >= 0.3 is 0 Å². The molecule has 0 aromatic heterocycles. The number of nitrogens with one attached hydrogen (secondary N) is 1. The Morgan fingerprint density at radius 2 is 2.24 bits per heavy atom. The molecule has 0 aliphatic rings. The molecule has 2 atom stereocenters. The number of carbonyl (C=O) groups excluding carboxylic acids is 1. The predicted molar refractivity (Wildman–Crippen MR) is 70.2 cm³/mol. The number of rotatable bonds is 4. The normalized spacial score (nSPS) is 14.2. The Balaban J connectivity index is 2.77. The summed E-state index contributed by atoms with van der Waals surface area (Å²) in [6, 6.07) is 3.52. The van der Waals surface area contributed by atoms with Crippen molar-refractivity contribution in [2.45, 2.75) is 26.3 Å². The first-order valence-corrected chi connectivity index (χ1v) is 6.26. The first kappa shape index (κ1) is 14.1. The van der Waals surface area contributed by atoms with Crippen LogP contribution in [-0.4, -0.2) is 11.9 Å². The fourth-order valence-corrected chi connectivity index (χ4v) is 1.67. The van der Waals surface area contributed by atoms with Crippen molar-refractivity contribution >= 4 is 27.5 Å². The second-order valence-corrected chi connectivity index (χ2v) is 4.88. The van der Waals surface area contributed by atoms with Crippen LogP contribution in [0.5, 0.6) is 0 Å². The van der Waals surface area contributed by atoms with Gasteiger partial charge in [-0.15, -0.1) is 0 Å². The maximum atomic E-state index is 13.0. The van der Waals surface area contributed by atoms with E-state index >= 15 is 0 Å². The molecule has 0 heterocycles. The van der Waals surface area contributed by atoms with Crippen LogP contribution in [0.2, 0.25) is 0 Å². The van der Waals surface area contributed by atoms with Gasteiger partial charge in [0.05, 0.1) is 11.7 Å². The lowest BCUT2D eigenvalue weighted by molar-refractivity contribution is -0.118. The fraction of sp³-hybridized carbons (Fsp3) is 0.417. The van der Waals surface area contributed by atoms with Gasteiger partial charge in [0.2, 0.25) is 5.91 Å². The second-order valence-electron chi connectivity index (χ2n) is 4.02. The molecule has 0 unspecified atom stereocenters. The van der Waals surface area contributed by atoms with E-state index in [2.05, 4.69) is 21.2 Å². The van der Waals surface area contributed by atoms with E-state index in [1.54, 1.807) is 6.07 Å². The van der Waals surface area contributed by atoms with Crippen molar-refractivity contribution in [3.8, 4) is 0 Å². The number of halogens is 2. The van der Waals surface area contributed by atoms with E-state index in [0.29, 0.717) is 10.2 Å². The molecule has 3 N–H and O–H groups in total. The second kappa shape index (κ2) is 6.12. The van der Waals surface area contributed by atoms with E-state index in [9.17, 15) is 9.18 Å². The molecule has 0 fully saturated rings. The van der Waals surface area contributed by atoms with E-state index in [4.69, 9.17) is 5.73 Å². The molecule has 1 rings (SSSR count). The lowest BCUT2D eigenvalue weighted by atomic mass is 9.99. The zero-order chi connectivity index (χ0) is 13.0. The Kier molecular flexibility index (Phi) is 5.08. The molecule has 1 aromatic carbocycles. The van der Waals surface area contributed by atoms with Gasteiger partial charge in [-0.1, -0.05) is 20.3 Å². The highest BCUT2D eigenvalue weighted by Gasteiger charge is 2.20. The van der Waals surface area contributed by atoms with Crippen LogP contribution in [-0.2, 0) is 4.79 Å². The lowest BCUT2D eigenvalue weighted by Gasteiger charge is -2.18. The molecule has 3 nitrogen and oxygen atoms in total. The minimum atomic E-state index is -0.588. The zero-order valence-corrected chi connectivity index (χ0v) is 11.4. The number of benzene rings is 1. The van der Waals surface area contributed by atoms with Gasteiger partial charge in [-0.2, -0.15) is 0 Å². The molecule has 1 aromatic rings. The minimum Gasteiger partial charge on any atom is -0.324 e. The molecule has 5 heteroatoms. The SMILES string of the molecule is CC[C@H](C)[C@H](N)C(=O)Nc1cc(F)ccc1Br. The lowest BCUT2D eigenvalue weighted by Crippen LogP contribution is -2.40. The van der Waals surface area contributed by atoms with Crippen molar-refractivity contribution in [1.29, 1.82) is 0 Å². The average Bonchev–Trinajstić information content (AvgIpc) is 2.31. The van der Waals surface area contributed by atoms with E-state index in [0.717, 1.165) is 6.42 Å². The Morgan fingerprint density at radius 3 is 2.82 bits per heavy atom. The fourth-order valence-electron chi connectivity index (χ4n) is 1.32. The Bertz CT molecular complexity index is 411. The smallest absolute Gasteiger partial charge is 0.241 e. The molecule has 0 spiro atoms. The van der Waals surface area contributed by atoms with Crippen LogP contribution < -0.4 is 11.1 Å². The summed E-state index contributed by atoms with van der Waals surface area (Å²) in [5.41, 5.74) is 6.18. The highest BCUT2D eigenvalue weighted by Crippen LogP contribution is 2.23. The molecule has 1 amide bonds. The van der Waals surface area contributed by atoms with Crippen LogP contribution in [0.25, 0.3) is 0 Å². The van der Waals surface area contributed by atoms with Crippen molar-refractivity contribution in [1.82, 2.24) is 0 Å². The van der Waals surface area contributed by atoms with Crippen LogP contribution in [0.1, 0.15) is 20.3 Å². The van der Waals surface area contributed by atoms with Gasteiger partial charge in [-0.25, -0.2) is 4.39 Å². The number of hydrogen-bond donors (Lipinski definition) is 2. The monoisotopic (exact) mass is 302 g/mol. The highest BCUT2D eigenvalue weighted by atomic mass is 79.9. The minimum absolute atomic E-state index is 0.0855. The third-order valence-electron chi connectivity index (χ3n) is 2.75. The van der Waals surface area contributed by atoms with Crippen molar-refractivity contribution in [3.05, 3.63) is 28.5 Å². The molecule has 0 saturated heterocycles. The number of nitrogens with two attached hydrogens (primary N) is 1. The van der Waals surface area contributed by atoms with Crippen molar-refractivity contribution in [3.63, 3.8) is 0 Å². The van der Waals surface area contributed by atoms with Crippen molar-refractivity contribution in [2.75, 3.05) is 5.32 Å². The van der Waals surface area contributed by atoms with Gasteiger partial charge in [0.15, 0.2) is 0 Å². The summed E-state index contributed by atoms with van der Waals surface area (Å²) in [6.07, 6.45) is 0.818. The van der Waals surface area contributed by atoms with Crippen LogP contribution in [0, 0.1) is 11.7 Å². The number of hydrogen-bond acceptors (Lipinski definition) is 2. The van der Waals surface area contributed by atoms with Crippen LogP contribution >= 0.6 is 15.9 Å². The molecule has 0 saturated carbocycles. The number of carbonyl (C=O) groups is 1. The third-order valence-corrected chi connectivity index (χ3v) is 3.44. The van der Waals surface area contributed by atoms with Gasteiger partial charge in [-0.05, 0) is 40.0 Å². The van der Waals surface area contributed by atoms with Crippen LogP contribution in [0.15, 0.2) is 22.7 Å². The molecule has 0 aliphatic carbocycles. The Morgan fingerprint density at radius 1 is 1.59 bits per heavy atom. The van der Waals surface area contributed by atoms with Crippen molar-refractivity contribution < 1.29 is 9.18 Å². The summed E-state index contributed by atoms with van der Waals surface area (Å²) in [5.74, 6) is -0.617. The molecular formula is C12H16BrFN2O. The summed E-state index contributed by atoms with van der Waals surface area (Å²) in [5, 5.41) is 2.62. The maximum Gasteiger partial charge on any atom is 0.241 e. The van der Waals surface area contributed by atoms with E-state index in [-0.39, 0.29) is 11.8 Å². The Labute approximate surface area is 109 Å². The van der Waals surface area contributed by atoms with Gasteiger partial charge in [0, 0.05) is 4.47 Å². The van der Waals surface area contributed by atoms with E-state index in [1.165, 1.54) is 12.1 Å². The van der Waals surface area contributed by atoms with Gasteiger partial charge in [0.25, 0.3) is 0 Å². The molecule has 17 heavy (non-hydrogen) atoms.